The zero-order valence-electron chi connectivity index (χ0n) is 14.1. The maximum Gasteiger partial charge on any atom is 0.0637 e. The van der Waals surface area contributed by atoms with E-state index in [4.69, 9.17) is 4.74 Å². The van der Waals surface area contributed by atoms with E-state index in [1.807, 2.05) is 7.05 Å². The van der Waals surface area contributed by atoms with Gasteiger partial charge in [-0.3, -0.25) is 4.90 Å². The summed E-state index contributed by atoms with van der Waals surface area (Å²) in [6, 6.07) is 11.6. The van der Waals surface area contributed by atoms with Crippen LogP contribution in [0.4, 0.5) is 0 Å². The average Bonchev–Trinajstić information content (AvgIpc) is 3.15. The fraction of sp³-hybridized carbons (Fsp3) is 0.667. The first kappa shape index (κ1) is 17.4. The Hall–Kier alpha value is -0.940. The first-order valence-corrected chi connectivity index (χ1v) is 8.51. The summed E-state index contributed by atoms with van der Waals surface area (Å²) in [7, 11) is 4.22. The van der Waals surface area contributed by atoms with Gasteiger partial charge in [-0.2, -0.15) is 0 Å². The number of ether oxygens (including phenoxy) is 1. The van der Waals surface area contributed by atoms with Crippen molar-refractivity contribution < 1.29 is 4.74 Å². The molecule has 4 heteroatoms. The third-order valence-corrected chi connectivity index (χ3v) is 4.50. The van der Waals surface area contributed by atoms with E-state index in [0.717, 1.165) is 26.2 Å². The summed E-state index contributed by atoms with van der Waals surface area (Å²) in [5, 5.41) is 6.62. The van der Waals surface area contributed by atoms with Crippen LogP contribution in [0.5, 0.6) is 0 Å². The van der Waals surface area contributed by atoms with E-state index in [9.17, 15) is 0 Å². The largest absolute Gasteiger partial charge is 0.380 e. The van der Waals surface area contributed by atoms with Crippen LogP contribution in [0.25, 0.3) is 0 Å². The first-order valence-electron chi connectivity index (χ1n) is 8.51. The minimum Gasteiger partial charge on any atom is -0.380 e. The second kappa shape index (κ2) is 9.95. The summed E-state index contributed by atoms with van der Waals surface area (Å²) < 4.78 is 5.59. The van der Waals surface area contributed by atoms with Crippen molar-refractivity contribution in [1.82, 2.24) is 15.5 Å². The molecule has 2 aliphatic heterocycles. The summed E-state index contributed by atoms with van der Waals surface area (Å²) in [4.78, 5) is 2.38. The summed E-state index contributed by atoms with van der Waals surface area (Å²) >= 11 is 0. The van der Waals surface area contributed by atoms with Gasteiger partial charge in [-0.05, 0) is 52.0 Å². The third-order valence-electron chi connectivity index (χ3n) is 4.50. The summed E-state index contributed by atoms with van der Waals surface area (Å²) in [6.07, 6.45) is 3.88. The molecule has 4 nitrogen and oxygen atoms in total. The number of benzene rings is 1. The minimum atomic E-state index is 0.467. The lowest BCUT2D eigenvalue weighted by molar-refractivity contribution is 0.00523. The predicted octanol–water partition coefficient (Wildman–Crippen LogP) is 1.87. The van der Waals surface area contributed by atoms with E-state index >= 15 is 0 Å². The van der Waals surface area contributed by atoms with E-state index in [1.54, 1.807) is 0 Å². The number of hydrogen-bond donors (Lipinski definition) is 2. The monoisotopic (exact) mass is 305 g/mol. The zero-order chi connectivity index (χ0) is 15.6. The number of hydrogen-bond acceptors (Lipinski definition) is 4. The Kier molecular flexibility index (Phi) is 7.88. The Morgan fingerprint density at radius 2 is 1.95 bits per heavy atom. The van der Waals surface area contributed by atoms with Crippen LogP contribution in [0.15, 0.2) is 30.3 Å². The highest BCUT2D eigenvalue weighted by Gasteiger charge is 2.27. The molecule has 2 saturated heterocycles. The van der Waals surface area contributed by atoms with Crippen LogP contribution in [0.1, 0.15) is 24.8 Å². The van der Waals surface area contributed by atoms with Gasteiger partial charge in [-0.15, -0.1) is 0 Å². The normalized spacial score (nSPS) is 24.9. The van der Waals surface area contributed by atoms with Gasteiger partial charge < -0.3 is 15.4 Å². The summed E-state index contributed by atoms with van der Waals surface area (Å²) in [5.74, 6) is 0. The molecule has 0 amide bonds. The molecule has 3 rings (SSSR count). The average molecular weight is 305 g/mol. The second-order valence-electron chi connectivity index (χ2n) is 6.18. The van der Waals surface area contributed by atoms with E-state index in [-0.39, 0.29) is 0 Å². The molecular formula is C18H31N3O. The van der Waals surface area contributed by atoms with Gasteiger partial charge in [-0.25, -0.2) is 0 Å². The van der Waals surface area contributed by atoms with Gasteiger partial charge in [0.2, 0.25) is 0 Å². The van der Waals surface area contributed by atoms with Crippen molar-refractivity contribution in [3.63, 3.8) is 0 Å². The van der Waals surface area contributed by atoms with Crippen LogP contribution in [0.3, 0.4) is 0 Å². The van der Waals surface area contributed by atoms with E-state index in [0.29, 0.717) is 12.1 Å². The molecule has 1 aromatic carbocycles. The maximum atomic E-state index is 5.59. The van der Waals surface area contributed by atoms with Gasteiger partial charge >= 0.3 is 0 Å². The predicted molar refractivity (Wildman–Crippen MR) is 92.1 cm³/mol. The van der Waals surface area contributed by atoms with Crippen LogP contribution < -0.4 is 10.6 Å². The Labute approximate surface area is 135 Å². The molecule has 2 aliphatic rings. The SMILES string of the molecule is C1CCNC1.CNC1CCOC[C@H]1N(C)Cc1ccccc1. The molecule has 2 atom stereocenters. The molecule has 0 radical (unpaired) electrons. The van der Waals surface area contributed by atoms with Crippen molar-refractivity contribution in [2.75, 3.05) is 40.4 Å². The minimum absolute atomic E-state index is 0.467. The van der Waals surface area contributed by atoms with Crippen LogP contribution in [-0.2, 0) is 11.3 Å². The molecule has 2 N–H and O–H groups in total. The van der Waals surface area contributed by atoms with Crippen molar-refractivity contribution in [3.8, 4) is 0 Å². The molecule has 0 saturated carbocycles. The van der Waals surface area contributed by atoms with Crippen LogP contribution in [0.2, 0.25) is 0 Å². The number of rotatable bonds is 4. The maximum absolute atomic E-state index is 5.59. The lowest BCUT2D eigenvalue weighted by Crippen LogP contribution is -2.53. The van der Waals surface area contributed by atoms with E-state index in [2.05, 4.69) is 52.9 Å². The number of nitrogens with one attached hydrogen (secondary N) is 2. The van der Waals surface area contributed by atoms with Crippen LogP contribution in [-0.4, -0.2) is 57.4 Å². The zero-order valence-corrected chi connectivity index (χ0v) is 14.1. The Morgan fingerprint density at radius 1 is 1.23 bits per heavy atom. The molecular weight excluding hydrogens is 274 g/mol. The Balaban J connectivity index is 0.000000299. The molecule has 1 aromatic rings. The van der Waals surface area contributed by atoms with E-state index < -0.39 is 0 Å². The number of likely N-dealkylation sites (N-methyl/N-ethyl adjacent to an activating group) is 2. The summed E-state index contributed by atoms with van der Waals surface area (Å²) in [6.45, 7) is 5.18. The van der Waals surface area contributed by atoms with Crippen LogP contribution in [0, 0.1) is 0 Å². The highest BCUT2D eigenvalue weighted by molar-refractivity contribution is 5.14. The molecule has 124 valence electrons. The molecule has 22 heavy (non-hydrogen) atoms. The lowest BCUT2D eigenvalue weighted by atomic mass is 10.0. The Bertz CT molecular complexity index is 387. The number of nitrogens with zero attached hydrogens (tertiary/aromatic N) is 1. The summed E-state index contributed by atoms with van der Waals surface area (Å²) in [5.41, 5.74) is 1.36. The van der Waals surface area contributed by atoms with Gasteiger partial charge in [0, 0.05) is 25.2 Å². The van der Waals surface area contributed by atoms with Gasteiger partial charge in [-0.1, -0.05) is 30.3 Å². The smallest absolute Gasteiger partial charge is 0.0637 e. The molecule has 0 aromatic heterocycles. The van der Waals surface area contributed by atoms with Gasteiger partial charge in [0.15, 0.2) is 0 Å². The standard InChI is InChI=1S/C14H22N2O.C4H9N/c1-15-13-8-9-17-11-14(13)16(2)10-12-6-4-3-5-7-12;1-2-4-5-3-1/h3-7,13-15H,8-11H2,1-2H3;5H,1-4H2/t13?,14-;/m1./s1. The molecule has 0 bridgehead atoms. The van der Waals surface area contributed by atoms with Crippen molar-refractivity contribution >= 4 is 0 Å². The fourth-order valence-corrected chi connectivity index (χ4v) is 3.11. The molecule has 0 aliphatic carbocycles. The Morgan fingerprint density at radius 3 is 2.55 bits per heavy atom. The highest BCUT2D eigenvalue weighted by Crippen LogP contribution is 2.15. The van der Waals surface area contributed by atoms with Gasteiger partial charge in [0.25, 0.3) is 0 Å². The molecule has 2 fully saturated rings. The molecule has 0 spiro atoms. The topological polar surface area (TPSA) is 36.5 Å². The van der Waals surface area contributed by atoms with Crippen molar-refractivity contribution in [1.29, 1.82) is 0 Å². The molecule has 1 unspecified atom stereocenters. The lowest BCUT2D eigenvalue weighted by Gasteiger charge is -2.37. The highest BCUT2D eigenvalue weighted by atomic mass is 16.5. The van der Waals surface area contributed by atoms with Gasteiger partial charge in [0.1, 0.15) is 0 Å². The van der Waals surface area contributed by atoms with Crippen molar-refractivity contribution in [2.24, 2.45) is 0 Å². The van der Waals surface area contributed by atoms with Crippen LogP contribution >= 0.6 is 0 Å². The third kappa shape index (κ3) is 5.69. The van der Waals surface area contributed by atoms with Gasteiger partial charge in [0.05, 0.1) is 6.61 Å². The van der Waals surface area contributed by atoms with E-state index in [1.165, 1.54) is 31.5 Å². The molecule has 2 heterocycles. The van der Waals surface area contributed by atoms with Crippen molar-refractivity contribution in [3.05, 3.63) is 35.9 Å². The van der Waals surface area contributed by atoms with Crippen molar-refractivity contribution in [2.45, 2.75) is 37.9 Å². The second-order valence-corrected chi connectivity index (χ2v) is 6.18. The first-order chi connectivity index (χ1) is 10.8. The quantitative estimate of drug-likeness (QED) is 0.890. The fourth-order valence-electron chi connectivity index (χ4n) is 3.11.